The number of ketones is 1. The van der Waals surface area contributed by atoms with Crippen LogP contribution in [0.3, 0.4) is 0 Å². The lowest BCUT2D eigenvalue weighted by Crippen LogP contribution is -2.38. The Morgan fingerprint density at radius 3 is 2.51 bits per heavy atom. The second kappa shape index (κ2) is 9.79. The standard InChI is InChI=1S/C29H34ClN3O2/c1-18-25(30)14-22(15-27(18)35-4)21-7-8-26-23(13-21)28(24(16-31-26)29(34)20-5-6-20)33-11-9-19(10-12-33)17-32(2)3/h7-8,13-16,19-20H,5-6,9-12,17H2,1-4H3. The lowest BCUT2D eigenvalue weighted by atomic mass is 9.93. The Kier molecular flexibility index (Phi) is 6.73. The largest absolute Gasteiger partial charge is 0.496 e. The SMILES string of the molecule is COc1cc(-c2ccc3ncc(C(=O)C4CC4)c(N4CCC(CN(C)C)CC4)c3c2)cc(Cl)c1C. The van der Waals surface area contributed by atoms with Gasteiger partial charge in [0.1, 0.15) is 5.75 Å². The fourth-order valence-corrected chi connectivity index (χ4v) is 5.54. The van der Waals surface area contributed by atoms with Crippen molar-refractivity contribution in [2.45, 2.75) is 32.6 Å². The Labute approximate surface area is 213 Å². The van der Waals surface area contributed by atoms with Crippen molar-refractivity contribution in [1.82, 2.24) is 9.88 Å². The quantitative estimate of drug-likeness (QED) is 0.366. The third-order valence-electron chi connectivity index (χ3n) is 7.46. The van der Waals surface area contributed by atoms with Gasteiger partial charge >= 0.3 is 0 Å². The van der Waals surface area contributed by atoms with E-state index in [1.807, 2.05) is 25.3 Å². The van der Waals surface area contributed by atoms with Gasteiger partial charge in [0.05, 0.1) is 23.9 Å². The van der Waals surface area contributed by atoms with Crippen LogP contribution in [0.1, 0.15) is 41.6 Å². The van der Waals surface area contributed by atoms with Crippen LogP contribution in [0.4, 0.5) is 5.69 Å². The topological polar surface area (TPSA) is 45.7 Å². The number of benzene rings is 2. The van der Waals surface area contributed by atoms with Crippen molar-refractivity contribution in [3.8, 4) is 16.9 Å². The van der Waals surface area contributed by atoms with Gasteiger partial charge in [0.25, 0.3) is 0 Å². The Morgan fingerprint density at radius 2 is 1.86 bits per heavy atom. The van der Waals surface area contributed by atoms with Crippen LogP contribution in [0.25, 0.3) is 22.0 Å². The first-order chi connectivity index (χ1) is 16.9. The summed E-state index contributed by atoms with van der Waals surface area (Å²) in [5.74, 6) is 1.86. The zero-order valence-electron chi connectivity index (χ0n) is 21.1. The molecule has 0 unspecified atom stereocenters. The van der Waals surface area contributed by atoms with Crippen LogP contribution in [-0.2, 0) is 0 Å². The van der Waals surface area contributed by atoms with E-state index in [-0.39, 0.29) is 11.7 Å². The van der Waals surface area contributed by atoms with E-state index in [2.05, 4.69) is 42.1 Å². The molecule has 3 aromatic rings. The number of anilines is 1. The number of rotatable bonds is 7. The van der Waals surface area contributed by atoms with Crippen LogP contribution >= 0.6 is 11.6 Å². The molecule has 2 aromatic carbocycles. The fourth-order valence-electron chi connectivity index (χ4n) is 5.33. The van der Waals surface area contributed by atoms with E-state index < -0.39 is 0 Å². The van der Waals surface area contributed by atoms with Gasteiger partial charge in [-0.15, -0.1) is 0 Å². The minimum absolute atomic E-state index is 0.155. The highest BCUT2D eigenvalue weighted by atomic mass is 35.5. The van der Waals surface area contributed by atoms with Crippen LogP contribution in [0.5, 0.6) is 5.75 Å². The maximum Gasteiger partial charge on any atom is 0.169 e. The van der Waals surface area contributed by atoms with E-state index in [4.69, 9.17) is 21.3 Å². The van der Waals surface area contributed by atoms with E-state index in [0.29, 0.717) is 10.9 Å². The Hall–Kier alpha value is -2.63. The number of halogens is 1. The molecule has 0 bridgehead atoms. The summed E-state index contributed by atoms with van der Waals surface area (Å²) in [4.78, 5) is 22.8. The average molecular weight is 492 g/mol. The summed E-state index contributed by atoms with van der Waals surface area (Å²) >= 11 is 6.53. The number of methoxy groups -OCH3 is 1. The summed E-state index contributed by atoms with van der Waals surface area (Å²) in [6.07, 6.45) is 6.05. The molecule has 1 aliphatic heterocycles. The molecule has 1 aromatic heterocycles. The second-order valence-electron chi connectivity index (χ2n) is 10.4. The molecule has 1 saturated heterocycles. The van der Waals surface area contributed by atoms with E-state index >= 15 is 0 Å². The summed E-state index contributed by atoms with van der Waals surface area (Å²) in [5, 5.41) is 1.72. The maximum absolute atomic E-state index is 13.3. The molecule has 2 heterocycles. The number of fused-ring (bicyclic) bond motifs is 1. The number of carbonyl (C=O) groups excluding carboxylic acids is 1. The van der Waals surface area contributed by atoms with Crippen molar-refractivity contribution in [1.29, 1.82) is 0 Å². The third kappa shape index (κ3) is 4.89. The van der Waals surface area contributed by atoms with Crippen molar-refractivity contribution in [3.63, 3.8) is 0 Å². The predicted octanol–water partition coefficient (Wildman–Crippen LogP) is 6.24. The van der Waals surface area contributed by atoms with Crippen LogP contribution in [-0.4, -0.2) is 56.5 Å². The number of piperidine rings is 1. The summed E-state index contributed by atoms with van der Waals surface area (Å²) in [7, 11) is 5.95. The van der Waals surface area contributed by atoms with E-state index in [1.165, 1.54) is 0 Å². The molecule has 0 spiro atoms. The Balaban J connectivity index is 1.60. The predicted molar refractivity (Wildman–Crippen MR) is 144 cm³/mol. The minimum atomic E-state index is 0.155. The third-order valence-corrected chi connectivity index (χ3v) is 7.85. The number of hydrogen-bond donors (Lipinski definition) is 0. The number of nitrogens with zero attached hydrogens (tertiary/aromatic N) is 3. The lowest BCUT2D eigenvalue weighted by Gasteiger charge is -2.36. The first kappa shape index (κ1) is 24.1. The number of aromatic nitrogens is 1. The number of Topliss-reactive ketones (excluding diaryl/α,β-unsaturated/α-hetero) is 1. The molecule has 0 radical (unpaired) electrons. The highest BCUT2D eigenvalue weighted by molar-refractivity contribution is 6.31. The Bertz CT molecular complexity index is 1260. The monoisotopic (exact) mass is 491 g/mol. The van der Waals surface area contributed by atoms with Gasteiger partial charge in [-0.1, -0.05) is 17.7 Å². The van der Waals surface area contributed by atoms with Gasteiger partial charge in [-0.05, 0) is 88.0 Å². The summed E-state index contributed by atoms with van der Waals surface area (Å²) in [6, 6.07) is 10.3. The van der Waals surface area contributed by atoms with E-state index in [0.717, 1.165) is 89.9 Å². The van der Waals surface area contributed by atoms with Crippen molar-refractivity contribution in [2.75, 3.05) is 45.7 Å². The van der Waals surface area contributed by atoms with Gasteiger partial charge in [0.15, 0.2) is 5.78 Å². The molecule has 184 valence electrons. The summed E-state index contributed by atoms with van der Waals surface area (Å²) in [5.41, 5.74) is 5.72. The van der Waals surface area contributed by atoms with Gasteiger partial charge in [-0.2, -0.15) is 0 Å². The van der Waals surface area contributed by atoms with Gasteiger partial charge in [0.2, 0.25) is 0 Å². The van der Waals surface area contributed by atoms with Gasteiger partial charge < -0.3 is 14.5 Å². The molecule has 1 saturated carbocycles. The highest BCUT2D eigenvalue weighted by Gasteiger charge is 2.34. The molecule has 35 heavy (non-hydrogen) atoms. The maximum atomic E-state index is 13.3. The van der Waals surface area contributed by atoms with Crippen LogP contribution in [0.2, 0.25) is 5.02 Å². The van der Waals surface area contributed by atoms with Crippen molar-refractivity contribution < 1.29 is 9.53 Å². The zero-order chi connectivity index (χ0) is 24.7. The minimum Gasteiger partial charge on any atom is -0.496 e. The number of pyridine rings is 1. The van der Waals surface area contributed by atoms with Gasteiger partial charge in [-0.3, -0.25) is 9.78 Å². The average Bonchev–Trinajstić information content (AvgIpc) is 3.70. The normalized spacial score (nSPS) is 16.8. The van der Waals surface area contributed by atoms with E-state index in [1.54, 1.807) is 7.11 Å². The molecular formula is C29H34ClN3O2. The first-order valence-electron chi connectivity index (χ1n) is 12.6. The van der Waals surface area contributed by atoms with Crippen molar-refractivity contribution in [3.05, 3.63) is 52.7 Å². The Morgan fingerprint density at radius 1 is 1.11 bits per heavy atom. The summed E-state index contributed by atoms with van der Waals surface area (Å²) < 4.78 is 5.56. The molecule has 6 heteroatoms. The number of ether oxygens (including phenoxy) is 1. The van der Waals surface area contributed by atoms with Gasteiger partial charge in [0, 0.05) is 47.7 Å². The smallest absolute Gasteiger partial charge is 0.169 e. The summed E-state index contributed by atoms with van der Waals surface area (Å²) in [6.45, 7) is 4.98. The van der Waals surface area contributed by atoms with Crippen LogP contribution in [0, 0.1) is 18.8 Å². The highest BCUT2D eigenvalue weighted by Crippen LogP contribution is 2.41. The fraction of sp³-hybridized carbons (Fsp3) is 0.448. The molecule has 2 fully saturated rings. The van der Waals surface area contributed by atoms with E-state index in [9.17, 15) is 4.79 Å². The number of hydrogen-bond acceptors (Lipinski definition) is 5. The van der Waals surface area contributed by atoms with Crippen molar-refractivity contribution >= 4 is 34.0 Å². The van der Waals surface area contributed by atoms with Crippen molar-refractivity contribution in [2.24, 2.45) is 11.8 Å². The van der Waals surface area contributed by atoms with Gasteiger partial charge in [-0.25, -0.2) is 0 Å². The molecule has 5 nitrogen and oxygen atoms in total. The molecule has 2 aliphatic rings. The molecule has 0 atom stereocenters. The molecular weight excluding hydrogens is 458 g/mol. The first-order valence-corrected chi connectivity index (χ1v) is 12.9. The van der Waals surface area contributed by atoms with Crippen LogP contribution in [0.15, 0.2) is 36.5 Å². The molecule has 5 rings (SSSR count). The second-order valence-corrected chi connectivity index (χ2v) is 10.8. The molecule has 1 aliphatic carbocycles. The van der Waals surface area contributed by atoms with Crippen LogP contribution < -0.4 is 9.64 Å². The zero-order valence-corrected chi connectivity index (χ0v) is 21.9. The molecule has 0 amide bonds. The number of carbonyl (C=O) groups is 1. The lowest BCUT2D eigenvalue weighted by molar-refractivity contribution is 0.0968. The molecule has 0 N–H and O–H groups in total.